The topological polar surface area (TPSA) is 64.6 Å². The average molecular weight is 333 g/mol. The van der Waals surface area contributed by atoms with Crippen LogP contribution in [0.5, 0.6) is 5.75 Å². The zero-order chi connectivity index (χ0) is 17.0. The highest BCUT2D eigenvalue weighted by Gasteiger charge is 2.22. The number of aryl methyl sites for hydroxylation is 2. The Morgan fingerprint density at radius 1 is 1.22 bits per heavy atom. The molecular weight excluding hydrogens is 314 g/mol. The second-order valence-corrected chi connectivity index (χ2v) is 6.52. The molecule has 1 amide bonds. The van der Waals surface area contributed by atoms with Crippen molar-refractivity contribution in [3.05, 3.63) is 45.6 Å². The van der Waals surface area contributed by atoms with Gasteiger partial charge in [0.25, 0.3) is 5.91 Å². The van der Waals surface area contributed by atoms with Crippen LogP contribution in [0.3, 0.4) is 0 Å². The van der Waals surface area contributed by atoms with Crippen LogP contribution in [-0.2, 0) is 9.53 Å². The smallest absolute Gasteiger partial charge is 0.340 e. The van der Waals surface area contributed by atoms with Crippen LogP contribution in [0, 0.1) is 13.8 Å². The Kier molecular flexibility index (Phi) is 5.39. The van der Waals surface area contributed by atoms with E-state index in [9.17, 15) is 9.59 Å². The van der Waals surface area contributed by atoms with E-state index in [1.54, 1.807) is 30.3 Å². The lowest BCUT2D eigenvalue weighted by Crippen LogP contribution is -2.30. The molecule has 1 heterocycles. The number of ether oxygens (including phenoxy) is 2. The van der Waals surface area contributed by atoms with Crippen LogP contribution >= 0.6 is 11.3 Å². The minimum Gasteiger partial charge on any atom is -0.495 e. The van der Waals surface area contributed by atoms with Crippen molar-refractivity contribution in [2.45, 2.75) is 26.9 Å². The molecule has 0 bridgehead atoms. The number of nitrogens with one attached hydrogen (secondary N) is 1. The van der Waals surface area contributed by atoms with Crippen LogP contribution in [0.25, 0.3) is 0 Å². The van der Waals surface area contributed by atoms with Crippen molar-refractivity contribution in [3.8, 4) is 5.75 Å². The highest BCUT2D eigenvalue weighted by molar-refractivity contribution is 7.12. The van der Waals surface area contributed by atoms with E-state index in [1.165, 1.54) is 25.4 Å². The molecule has 6 heteroatoms. The predicted octanol–water partition coefficient (Wildman–Crippen LogP) is 3.56. The number of thiophene rings is 1. The quantitative estimate of drug-likeness (QED) is 0.850. The summed E-state index contributed by atoms with van der Waals surface area (Å²) >= 11 is 1.52. The fraction of sp³-hybridized carbons (Fsp3) is 0.294. The Labute approximate surface area is 139 Å². The largest absolute Gasteiger partial charge is 0.495 e. The van der Waals surface area contributed by atoms with Gasteiger partial charge in [-0.25, -0.2) is 4.79 Å². The molecule has 0 saturated heterocycles. The summed E-state index contributed by atoms with van der Waals surface area (Å²) in [6, 6.07) is 8.82. The maximum atomic E-state index is 12.2. The second-order valence-electron chi connectivity index (χ2n) is 5.06. The van der Waals surface area contributed by atoms with Crippen LogP contribution < -0.4 is 10.1 Å². The highest BCUT2D eigenvalue weighted by Crippen LogP contribution is 2.24. The maximum Gasteiger partial charge on any atom is 0.340 e. The molecule has 23 heavy (non-hydrogen) atoms. The van der Waals surface area contributed by atoms with Crippen molar-refractivity contribution < 1.29 is 19.1 Å². The van der Waals surface area contributed by atoms with Gasteiger partial charge in [-0.15, -0.1) is 11.3 Å². The molecule has 1 N–H and O–H groups in total. The van der Waals surface area contributed by atoms with E-state index >= 15 is 0 Å². The molecular formula is C17H19NO4S. The maximum absolute atomic E-state index is 12.2. The molecule has 0 fully saturated rings. The number of carbonyl (C=O) groups is 2. The summed E-state index contributed by atoms with van der Waals surface area (Å²) in [6.07, 6.45) is -0.910. The SMILES string of the molecule is COc1ccccc1NC(=O)[C@@H](C)OC(=O)c1cc(C)sc1C. The van der Waals surface area contributed by atoms with Crippen LogP contribution in [0.4, 0.5) is 5.69 Å². The van der Waals surface area contributed by atoms with Crippen molar-refractivity contribution in [2.24, 2.45) is 0 Å². The molecule has 1 aromatic carbocycles. The van der Waals surface area contributed by atoms with Crippen LogP contribution in [0.2, 0.25) is 0 Å². The number of carbonyl (C=O) groups excluding carboxylic acids is 2. The lowest BCUT2D eigenvalue weighted by Gasteiger charge is -2.15. The van der Waals surface area contributed by atoms with Gasteiger partial charge in [0.05, 0.1) is 18.4 Å². The molecule has 122 valence electrons. The van der Waals surface area contributed by atoms with Gasteiger partial charge in [0, 0.05) is 9.75 Å². The number of rotatable bonds is 5. The van der Waals surface area contributed by atoms with Gasteiger partial charge in [-0.3, -0.25) is 4.79 Å². The third kappa shape index (κ3) is 4.10. The van der Waals surface area contributed by atoms with Gasteiger partial charge in [0.15, 0.2) is 6.10 Å². The van der Waals surface area contributed by atoms with Gasteiger partial charge in [-0.05, 0) is 39.0 Å². The summed E-state index contributed by atoms with van der Waals surface area (Å²) in [6.45, 7) is 5.32. The first-order valence-electron chi connectivity index (χ1n) is 7.14. The van der Waals surface area contributed by atoms with Crippen molar-refractivity contribution >= 4 is 28.9 Å². The van der Waals surface area contributed by atoms with E-state index in [1.807, 2.05) is 13.8 Å². The summed E-state index contributed by atoms with van der Waals surface area (Å²) in [5.41, 5.74) is 1.04. The fourth-order valence-electron chi connectivity index (χ4n) is 2.09. The number of methoxy groups -OCH3 is 1. The Morgan fingerprint density at radius 2 is 1.91 bits per heavy atom. The van der Waals surface area contributed by atoms with E-state index in [2.05, 4.69) is 5.32 Å². The molecule has 1 aromatic heterocycles. The number of esters is 1. The van der Waals surface area contributed by atoms with Gasteiger partial charge in [0.2, 0.25) is 0 Å². The molecule has 0 unspecified atom stereocenters. The summed E-state index contributed by atoms with van der Waals surface area (Å²) in [5.74, 6) is -0.356. The second kappa shape index (κ2) is 7.28. The summed E-state index contributed by atoms with van der Waals surface area (Å²) in [4.78, 5) is 26.3. The molecule has 5 nitrogen and oxygen atoms in total. The summed E-state index contributed by atoms with van der Waals surface area (Å²) in [5, 5.41) is 2.70. The summed E-state index contributed by atoms with van der Waals surface area (Å²) in [7, 11) is 1.52. The standard InChI is InChI=1S/C17H19NO4S/c1-10-9-13(12(3)23-10)17(20)22-11(2)16(19)18-14-7-5-6-8-15(14)21-4/h5-9,11H,1-4H3,(H,18,19)/t11-/m1/s1. The van der Waals surface area contributed by atoms with Crippen molar-refractivity contribution in [1.29, 1.82) is 0 Å². The minimum absolute atomic E-state index is 0.410. The molecule has 0 aliphatic carbocycles. The van der Waals surface area contributed by atoms with Crippen molar-refractivity contribution in [2.75, 3.05) is 12.4 Å². The van der Waals surface area contributed by atoms with E-state index in [0.717, 1.165) is 9.75 Å². The number of amides is 1. The number of para-hydroxylation sites is 2. The molecule has 0 saturated carbocycles. The third-order valence-electron chi connectivity index (χ3n) is 3.28. The summed E-state index contributed by atoms with van der Waals surface area (Å²) < 4.78 is 10.4. The van der Waals surface area contributed by atoms with E-state index in [0.29, 0.717) is 17.0 Å². The molecule has 0 aliphatic rings. The van der Waals surface area contributed by atoms with Gasteiger partial charge in [-0.1, -0.05) is 12.1 Å². The van der Waals surface area contributed by atoms with Gasteiger partial charge < -0.3 is 14.8 Å². The Morgan fingerprint density at radius 3 is 2.52 bits per heavy atom. The Balaban J connectivity index is 2.02. The van der Waals surface area contributed by atoms with Crippen molar-refractivity contribution in [3.63, 3.8) is 0 Å². The Bertz CT molecular complexity index is 723. The Hall–Kier alpha value is -2.34. The van der Waals surface area contributed by atoms with Gasteiger partial charge in [0.1, 0.15) is 5.75 Å². The fourth-order valence-corrected chi connectivity index (χ4v) is 3.01. The number of hydrogen-bond acceptors (Lipinski definition) is 5. The van der Waals surface area contributed by atoms with E-state index in [-0.39, 0.29) is 0 Å². The van der Waals surface area contributed by atoms with Gasteiger partial charge in [-0.2, -0.15) is 0 Å². The van der Waals surface area contributed by atoms with E-state index in [4.69, 9.17) is 9.47 Å². The number of anilines is 1. The van der Waals surface area contributed by atoms with Crippen LogP contribution in [-0.4, -0.2) is 25.1 Å². The van der Waals surface area contributed by atoms with Crippen molar-refractivity contribution in [1.82, 2.24) is 0 Å². The monoisotopic (exact) mass is 333 g/mol. The molecule has 0 spiro atoms. The lowest BCUT2D eigenvalue weighted by molar-refractivity contribution is -0.123. The minimum atomic E-state index is -0.910. The van der Waals surface area contributed by atoms with Crippen LogP contribution in [0.15, 0.2) is 30.3 Å². The first kappa shape index (κ1) is 17.0. The third-order valence-corrected chi connectivity index (χ3v) is 4.24. The molecule has 0 aliphatic heterocycles. The normalized spacial score (nSPS) is 11.7. The number of hydrogen-bond donors (Lipinski definition) is 1. The molecule has 1 atom stereocenters. The predicted molar refractivity (Wildman–Crippen MR) is 90.3 cm³/mol. The highest BCUT2D eigenvalue weighted by atomic mass is 32.1. The molecule has 2 rings (SSSR count). The first-order valence-corrected chi connectivity index (χ1v) is 7.96. The molecule has 0 radical (unpaired) electrons. The first-order chi connectivity index (χ1) is 10.9. The molecule has 2 aromatic rings. The zero-order valence-corrected chi connectivity index (χ0v) is 14.3. The van der Waals surface area contributed by atoms with Crippen LogP contribution in [0.1, 0.15) is 27.0 Å². The van der Waals surface area contributed by atoms with E-state index < -0.39 is 18.0 Å². The zero-order valence-electron chi connectivity index (χ0n) is 13.5. The van der Waals surface area contributed by atoms with Gasteiger partial charge >= 0.3 is 5.97 Å². The average Bonchev–Trinajstić information content (AvgIpc) is 2.86. The lowest BCUT2D eigenvalue weighted by atomic mass is 10.2. The number of benzene rings is 1.